The van der Waals surface area contributed by atoms with Crippen molar-refractivity contribution in [1.82, 2.24) is 4.98 Å². The molecule has 1 fully saturated rings. The van der Waals surface area contributed by atoms with Crippen molar-refractivity contribution in [3.8, 4) is 0 Å². The molecule has 7 heteroatoms. The van der Waals surface area contributed by atoms with E-state index < -0.39 is 5.97 Å². The zero-order valence-corrected chi connectivity index (χ0v) is 19.9. The minimum Gasteiger partial charge on any atom is -0.476 e. The van der Waals surface area contributed by atoms with Crippen LogP contribution in [0.1, 0.15) is 51.6 Å². The average molecular weight is 470 g/mol. The number of aromatic carboxylic acids is 1. The predicted octanol–water partition coefficient (Wildman–Crippen LogP) is 5.28. The number of nitrogens with one attached hydrogen (secondary N) is 1. The van der Waals surface area contributed by atoms with E-state index in [1.54, 1.807) is 12.1 Å². The summed E-state index contributed by atoms with van der Waals surface area (Å²) in [6.45, 7) is 7.24. The maximum atomic E-state index is 13.4. The molecule has 0 saturated carbocycles. The molecular weight excluding hydrogens is 442 g/mol. The third-order valence-corrected chi connectivity index (χ3v) is 6.66. The fourth-order valence-corrected chi connectivity index (χ4v) is 4.76. The van der Waals surface area contributed by atoms with Crippen molar-refractivity contribution >= 4 is 28.5 Å². The van der Waals surface area contributed by atoms with Crippen LogP contribution in [0.4, 0.5) is 11.6 Å². The number of rotatable bonds is 6. The molecule has 4 aromatic rings. The van der Waals surface area contributed by atoms with Gasteiger partial charge in [-0.1, -0.05) is 36.4 Å². The van der Waals surface area contributed by atoms with Gasteiger partial charge in [0.2, 0.25) is 5.88 Å². The second-order valence-corrected chi connectivity index (χ2v) is 9.18. The third-order valence-electron chi connectivity index (χ3n) is 6.66. The van der Waals surface area contributed by atoms with Crippen LogP contribution in [0.2, 0.25) is 0 Å². The van der Waals surface area contributed by atoms with Gasteiger partial charge in [0.25, 0.3) is 0 Å². The number of nitrogens with zero attached hydrogens (tertiary/aromatic N) is 2. The topological polar surface area (TPSA) is 95.7 Å². The summed E-state index contributed by atoms with van der Waals surface area (Å²) in [5.74, 6) is -0.112. The van der Waals surface area contributed by atoms with Gasteiger partial charge in [-0.2, -0.15) is 0 Å². The molecule has 2 aromatic carbocycles. The van der Waals surface area contributed by atoms with Gasteiger partial charge in [0, 0.05) is 30.8 Å². The van der Waals surface area contributed by atoms with Crippen molar-refractivity contribution in [3.63, 3.8) is 0 Å². The van der Waals surface area contributed by atoms with Gasteiger partial charge in [-0.3, -0.25) is 4.79 Å². The lowest BCUT2D eigenvalue weighted by atomic mass is 9.91. The molecule has 5 rings (SSSR count). The van der Waals surface area contributed by atoms with Crippen LogP contribution in [0.5, 0.6) is 0 Å². The Labute approximate surface area is 203 Å². The van der Waals surface area contributed by atoms with Gasteiger partial charge in [0.05, 0.1) is 22.7 Å². The molecule has 1 aliphatic rings. The molecule has 1 atom stereocenters. The Hall–Kier alpha value is -4.13. The summed E-state index contributed by atoms with van der Waals surface area (Å²) >= 11 is 0. The highest BCUT2D eigenvalue weighted by molar-refractivity contribution is 5.92. The molecule has 0 bridgehead atoms. The van der Waals surface area contributed by atoms with Crippen LogP contribution in [0.3, 0.4) is 0 Å². The maximum absolute atomic E-state index is 13.4. The molecule has 3 heterocycles. The number of carboxylic acid groups (broad SMARTS) is 1. The lowest BCUT2D eigenvalue weighted by molar-refractivity contribution is 0.0691. The van der Waals surface area contributed by atoms with Crippen molar-refractivity contribution in [1.29, 1.82) is 0 Å². The first-order chi connectivity index (χ1) is 16.8. The van der Waals surface area contributed by atoms with Crippen molar-refractivity contribution in [2.24, 2.45) is 0 Å². The monoisotopic (exact) mass is 469 g/mol. The Kier molecular flexibility index (Phi) is 5.76. The third kappa shape index (κ3) is 4.14. The summed E-state index contributed by atoms with van der Waals surface area (Å²) < 4.78 is 6.44. The maximum Gasteiger partial charge on any atom is 0.356 e. The number of hydrogen-bond acceptors (Lipinski definition) is 6. The normalized spacial score (nSPS) is 14.5. The molecule has 178 valence electrons. The van der Waals surface area contributed by atoms with Gasteiger partial charge in [-0.05, 0) is 50.1 Å². The van der Waals surface area contributed by atoms with Crippen LogP contribution in [0.25, 0.3) is 11.0 Å². The minimum atomic E-state index is -1.11. The molecule has 7 nitrogen and oxygen atoms in total. The molecule has 0 radical (unpaired) electrons. The van der Waals surface area contributed by atoms with E-state index in [2.05, 4.69) is 27.3 Å². The number of hydrogen-bond donors (Lipinski definition) is 2. The summed E-state index contributed by atoms with van der Waals surface area (Å²) in [6, 6.07) is 17.2. The van der Waals surface area contributed by atoms with Gasteiger partial charge < -0.3 is 19.7 Å². The molecule has 0 aliphatic carbocycles. The molecular formula is C28H27N3O4. The fourth-order valence-electron chi connectivity index (χ4n) is 4.76. The molecule has 0 unspecified atom stereocenters. The summed E-state index contributed by atoms with van der Waals surface area (Å²) in [5.41, 5.74) is 4.43. The van der Waals surface area contributed by atoms with Gasteiger partial charge >= 0.3 is 5.97 Å². The van der Waals surface area contributed by atoms with E-state index in [4.69, 9.17) is 4.42 Å². The number of aromatic nitrogens is 1. The van der Waals surface area contributed by atoms with Crippen molar-refractivity contribution in [2.75, 3.05) is 23.3 Å². The molecule has 1 saturated heterocycles. The number of pyridine rings is 1. The standard InChI is InChI=1S/C28H27N3O4/c1-16-12-21(18(3)30-23-10-7-11-29-24(23)28(33)34)26-22(13-16)25(32)17(2)27(35-26)31-14-20(15-31)19-8-5-4-6-9-19/h4-13,18,20,30H,14-15H2,1-3H3,(H,33,34)/t18-/m1/s1. The fraction of sp³-hybridized carbons (Fsp3) is 0.250. The molecule has 2 N–H and O–H groups in total. The molecule has 0 amide bonds. The number of aryl methyl sites for hydroxylation is 1. The van der Waals surface area contributed by atoms with E-state index in [0.717, 1.165) is 24.2 Å². The smallest absolute Gasteiger partial charge is 0.356 e. The van der Waals surface area contributed by atoms with Crippen LogP contribution in [-0.2, 0) is 0 Å². The summed E-state index contributed by atoms with van der Waals surface area (Å²) in [4.78, 5) is 31.1. The van der Waals surface area contributed by atoms with Crippen LogP contribution >= 0.6 is 0 Å². The first kappa shape index (κ1) is 22.7. The Bertz CT molecular complexity index is 1470. The van der Waals surface area contributed by atoms with E-state index in [1.807, 2.05) is 51.1 Å². The second-order valence-electron chi connectivity index (χ2n) is 9.18. The van der Waals surface area contributed by atoms with Crippen molar-refractivity contribution < 1.29 is 14.3 Å². The summed E-state index contributed by atoms with van der Waals surface area (Å²) in [6.07, 6.45) is 1.45. The Balaban J connectivity index is 1.52. The number of anilines is 2. The van der Waals surface area contributed by atoms with E-state index in [1.165, 1.54) is 11.8 Å². The first-order valence-corrected chi connectivity index (χ1v) is 11.7. The van der Waals surface area contributed by atoms with Crippen molar-refractivity contribution in [2.45, 2.75) is 32.7 Å². The lowest BCUT2D eigenvalue weighted by Crippen LogP contribution is -2.45. The number of benzene rings is 2. The second kappa shape index (κ2) is 8.91. The highest BCUT2D eigenvalue weighted by Crippen LogP contribution is 2.36. The Morgan fingerprint density at radius 3 is 2.60 bits per heavy atom. The Morgan fingerprint density at radius 2 is 1.89 bits per heavy atom. The highest BCUT2D eigenvalue weighted by atomic mass is 16.4. The lowest BCUT2D eigenvalue weighted by Gasteiger charge is -2.40. The van der Waals surface area contributed by atoms with Gasteiger partial charge in [0.1, 0.15) is 5.58 Å². The zero-order chi connectivity index (χ0) is 24.7. The van der Waals surface area contributed by atoms with Gasteiger partial charge in [-0.25, -0.2) is 9.78 Å². The largest absolute Gasteiger partial charge is 0.476 e. The quantitative estimate of drug-likeness (QED) is 0.397. The van der Waals surface area contributed by atoms with Crippen LogP contribution in [0.15, 0.2) is 70.0 Å². The van der Waals surface area contributed by atoms with Crippen molar-refractivity contribution in [3.05, 3.63) is 99.0 Å². The van der Waals surface area contributed by atoms with Crippen LogP contribution < -0.4 is 15.6 Å². The van der Waals surface area contributed by atoms with E-state index in [9.17, 15) is 14.7 Å². The number of fused-ring (bicyclic) bond motifs is 1. The minimum absolute atomic E-state index is 0.0471. The zero-order valence-electron chi connectivity index (χ0n) is 19.9. The summed E-state index contributed by atoms with van der Waals surface area (Å²) in [5, 5.41) is 13.3. The van der Waals surface area contributed by atoms with Crippen LogP contribution in [0, 0.1) is 13.8 Å². The van der Waals surface area contributed by atoms with E-state index >= 15 is 0 Å². The summed E-state index contributed by atoms with van der Waals surface area (Å²) in [7, 11) is 0. The van der Waals surface area contributed by atoms with Crippen LogP contribution in [-0.4, -0.2) is 29.1 Å². The molecule has 2 aromatic heterocycles. The van der Waals surface area contributed by atoms with Gasteiger partial charge in [0.15, 0.2) is 11.1 Å². The predicted molar refractivity (Wildman–Crippen MR) is 137 cm³/mol. The SMILES string of the molecule is Cc1cc([C@@H](C)Nc2cccnc2C(=O)O)c2oc(N3CC(c4ccccc4)C3)c(C)c(=O)c2c1. The highest BCUT2D eigenvalue weighted by Gasteiger charge is 2.32. The molecule has 0 spiro atoms. The van der Waals surface area contributed by atoms with Gasteiger partial charge in [-0.15, -0.1) is 0 Å². The van der Waals surface area contributed by atoms with E-state index in [0.29, 0.717) is 34.0 Å². The number of carboxylic acids is 1. The molecule has 35 heavy (non-hydrogen) atoms. The first-order valence-electron chi connectivity index (χ1n) is 11.7. The average Bonchev–Trinajstić information content (AvgIpc) is 2.82. The number of carbonyl (C=O) groups is 1. The molecule has 1 aliphatic heterocycles. The van der Waals surface area contributed by atoms with E-state index in [-0.39, 0.29) is 17.2 Å². The Morgan fingerprint density at radius 1 is 1.14 bits per heavy atom.